The Morgan fingerprint density at radius 2 is 2.06 bits per heavy atom. The second-order valence-electron chi connectivity index (χ2n) is 5.04. The molecule has 3 heteroatoms. The average molecular weight is 219 g/mol. The van der Waals surface area contributed by atoms with Crippen LogP contribution in [0, 0.1) is 0 Å². The molecule has 1 N–H and O–H groups in total. The fraction of sp³-hybridized carbons (Fsp3) is 0.462. The van der Waals surface area contributed by atoms with Crippen LogP contribution in [0.4, 0.5) is 0 Å². The zero-order valence-electron chi connectivity index (χ0n) is 9.96. The summed E-state index contributed by atoms with van der Waals surface area (Å²) in [6.45, 7) is 6.75. The number of carbonyl (C=O) groups is 1. The van der Waals surface area contributed by atoms with Crippen molar-refractivity contribution in [2.75, 3.05) is 6.54 Å². The van der Waals surface area contributed by atoms with Gasteiger partial charge in [-0.1, -0.05) is 0 Å². The maximum atomic E-state index is 11.5. The van der Waals surface area contributed by atoms with Gasteiger partial charge in [0, 0.05) is 12.1 Å². The van der Waals surface area contributed by atoms with Crippen LogP contribution in [0.3, 0.4) is 0 Å². The zero-order chi connectivity index (χ0) is 11.8. The number of rotatable bonds is 1. The smallest absolute Gasteiger partial charge is 0.251 e. The van der Waals surface area contributed by atoms with E-state index in [-0.39, 0.29) is 11.5 Å². The first kappa shape index (κ1) is 11.0. The van der Waals surface area contributed by atoms with Gasteiger partial charge in [-0.2, -0.15) is 0 Å². The van der Waals surface area contributed by atoms with E-state index in [1.807, 2.05) is 39.0 Å². The Morgan fingerprint density at radius 3 is 2.75 bits per heavy atom. The van der Waals surface area contributed by atoms with Crippen molar-refractivity contribution in [3.63, 3.8) is 0 Å². The largest absolute Gasteiger partial charge is 0.488 e. The number of ether oxygens (including phenoxy) is 1. The fourth-order valence-electron chi connectivity index (χ4n) is 1.82. The van der Waals surface area contributed by atoms with Crippen molar-refractivity contribution in [1.29, 1.82) is 0 Å². The van der Waals surface area contributed by atoms with Crippen LogP contribution in [-0.2, 0) is 6.42 Å². The van der Waals surface area contributed by atoms with Gasteiger partial charge in [0.15, 0.2) is 0 Å². The summed E-state index contributed by atoms with van der Waals surface area (Å²) in [5.41, 5.74) is 1.64. The van der Waals surface area contributed by atoms with Crippen LogP contribution in [0.1, 0.15) is 36.7 Å². The van der Waals surface area contributed by atoms with Gasteiger partial charge in [-0.05, 0) is 51.0 Å². The number of fused-ring (bicyclic) bond motifs is 1. The molecular weight excluding hydrogens is 202 g/mol. The van der Waals surface area contributed by atoms with Crippen molar-refractivity contribution >= 4 is 5.91 Å². The molecule has 0 fully saturated rings. The minimum atomic E-state index is -0.203. The summed E-state index contributed by atoms with van der Waals surface area (Å²) in [6, 6.07) is 5.67. The number of benzene rings is 1. The van der Waals surface area contributed by atoms with Crippen molar-refractivity contribution < 1.29 is 9.53 Å². The van der Waals surface area contributed by atoms with Gasteiger partial charge >= 0.3 is 0 Å². The molecule has 2 rings (SSSR count). The highest BCUT2D eigenvalue weighted by atomic mass is 16.5. The van der Waals surface area contributed by atoms with Crippen LogP contribution in [0.15, 0.2) is 18.2 Å². The molecule has 1 aromatic rings. The van der Waals surface area contributed by atoms with Crippen molar-refractivity contribution in [2.24, 2.45) is 0 Å². The van der Waals surface area contributed by atoms with E-state index in [1.54, 1.807) is 0 Å². The third kappa shape index (κ3) is 2.35. The van der Waals surface area contributed by atoms with E-state index in [9.17, 15) is 4.79 Å². The predicted molar refractivity (Wildman–Crippen MR) is 62.9 cm³/mol. The lowest BCUT2D eigenvalue weighted by atomic mass is 10.00. The van der Waals surface area contributed by atoms with Gasteiger partial charge in [-0.25, -0.2) is 0 Å². The molecule has 3 nitrogen and oxygen atoms in total. The summed E-state index contributed by atoms with van der Waals surface area (Å²) in [4.78, 5) is 11.5. The average Bonchev–Trinajstić information content (AvgIpc) is 2.15. The first-order chi connectivity index (χ1) is 7.46. The maximum absolute atomic E-state index is 11.5. The molecule has 0 spiro atoms. The summed E-state index contributed by atoms with van der Waals surface area (Å²) < 4.78 is 5.77. The predicted octanol–water partition coefficient (Wildman–Crippen LogP) is 2.15. The molecule has 0 saturated heterocycles. The van der Waals surface area contributed by atoms with Crippen LogP contribution in [0.5, 0.6) is 5.75 Å². The highest BCUT2D eigenvalue weighted by Gasteiger charge is 2.18. The second kappa shape index (κ2) is 3.81. The molecule has 0 radical (unpaired) electrons. The molecule has 1 aliphatic heterocycles. The highest BCUT2D eigenvalue weighted by Crippen LogP contribution is 2.23. The molecule has 86 valence electrons. The van der Waals surface area contributed by atoms with E-state index in [2.05, 4.69) is 5.32 Å². The van der Waals surface area contributed by atoms with Crippen LogP contribution in [0.25, 0.3) is 0 Å². The number of amides is 1. The van der Waals surface area contributed by atoms with Crippen LogP contribution in [-0.4, -0.2) is 18.1 Å². The van der Waals surface area contributed by atoms with Gasteiger partial charge in [-0.3, -0.25) is 4.79 Å². The van der Waals surface area contributed by atoms with E-state index >= 15 is 0 Å². The Labute approximate surface area is 95.8 Å². The fourth-order valence-corrected chi connectivity index (χ4v) is 1.82. The normalized spacial score (nSPS) is 15.3. The van der Waals surface area contributed by atoms with Gasteiger partial charge < -0.3 is 10.1 Å². The number of carbonyl (C=O) groups excluding carboxylic acids is 1. The van der Waals surface area contributed by atoms with E-state index in [1.165, 1.54) is 0 Å². The van der Waals surface area contributed by atoms with E-state index in [4.69, 9.17) is 4.74 Å². The van der Waals surface area contributed by atoms with Crippen molar-refractivity contribution in [2.45, 2.75) is 32.8 Å². The highest BCUT2D eigenvalue weighted by molar-refractivity contribution is 5.96. The van der Waals surface area contributed by atoms with Crippen LogP contribution in [0.2, 0.25) is 0 Å². The lowest BCUT2D eigenvalue weighted by Crippen LogP contribution is -2.32. The zero-order valence-corrected chi connectivity index (χ0v) is 9.96. The Morgan fingerprint density at radius 1 is 1.31 bits per heavy atom. The van der Waals surface area contributed by atoms with Crippen molar-refractivity contribution in [3.05, 3.63) is 29.3 Å². The minimum Gasteiger partial charge on any atom is -0.488 e. The molecule has 1 aromatic carbocycles. The van der Waals surface area contributed by atoms with Crippen LogP contribution < -0.4 is 10.1 Å². The summed E-state index contributed by atoms with van der Waals surface area (Å²) >= 11 is 0. The molecule has 0 unspecified atom stereocenters. The quantitative estimate of drug-likeness (QED) is 0.786. The Balaban J connectivity index is 2.29. The third-order valence-corrected chi connectivity index (χ3v) is 2.43. The van der Waals surface area contributed by atoms with Crippen LogP contribution >= 0.6 is 0 Å². The minimum absolute atomic E-state index is 0.0172. The summed E-state index contributed by atoms with van der Waals surface area (Å²) in [7, 11) is 0. The van der Waals surface area contributed by atoms with Crippen molar-refractivity contribution in [3.8, 4) is 5.75 Å². The molecule has 0 aromatic heterocycles. The Bertz CT molecular complexity index is 418. The first-order valence-electron chi connectivity index (χ1n) is 5.56. The van der Waals surface area contributed by atoms with E-state index in [0.717, 1.165) is 23.3 Å². The first-order valence-corrected chi connectivity index (χ1v) is 5.56. The number of hydrogen-bond donors (Lipinski definition) is 1. The Hall–Kier alpha value is -1.51. The van der Waals surface area contributed by atoms with Gasteiger partial charge in [-0.15, -0.1) is 0 Å². The third-order valence-electron chi connectivity index (χ3n) is 2.43. The molecule has 1 amide bonds. The summed E-state index contributed by atoms with van der Waals surface area (Å²) in [5, 5.41) is 2.83. The van der Waals surface area contributed by atoms with E-state index < -0.39 is 0 Å². The molecule has 0 saturated carbocycles. The van der Waals surface area contributed by atoms with Gasteiger partial charge in [0.2, 0.25) is 0 Å². The number of nitrogens with one attached hydrogen (secondary N) is 1. The van der Waals surface area contributed by atoms with Gasteiger partial charge in [0.05, 0.1) is 0 Å². The molecule has 1 aliphatic rings. The number of hydrogen-bond acceptors (Lipinski definition) is 2. The summed E-state index contributed by atoms with van der Waals surface area (Å²) in [6.07, 6.45) is 0.877. The lowest BCUT2D eigenvalue weighted by molar-refractivity contribution is 0.0945. The maximum Gasteiger partial charge on any atom is 0.251 e. The molecule has 0 aliphatic carbocycles. The molecule has 16 heavy (non-hydrogen) atoms. The topological polar surface area (TPSA) is 38.3 Å². The molecule has 0 bridgehead atoms. The monoisotopic (exact) mass is 219 g/mol. The standard InChI is InChI=1S/C13H17NO2/c1-13(2,3)16-10-4-5-11-9(8-10)6-7-14-12(11)15/h4-5,8H,6-7H2,1-3H3,(H,14,15). The Kier molecular flexibility index (Phi) is 2.62. The molecular formula is C13H17NO2. The molecule has 1 heterocycles. The van der Waals surface area contributed by atoms with Gasteiger partial charge in [0.25, 0.3) is 5.91 Å². The van der Waals surface area contributed by atoms with Gasteiger partial charge in [0.1, 0.15) is 11.4 Å². The second-order valence-corrected chi connectivity index (χ2v) is 5.04. The summed E-state index contributed by atoms with van der Waals surface area (Å²) in [5.74, 6) is 0.851. The molecule has 0 atom stereocenters. The SMILES string of the molecule is CC(C)(C)Oc1ccc2c(c1)CCNC2=O. The van der Waals surface area contributed by atoms with E-state index in [0.29, 0.717) is 6.54 Å². The lowest BCUT2D eigenvalue weighted by Gasteiger charge is -2.23. The van der Waals surface area contributed by atoms with Crippen molar-refractivity contribution in [1.82, 2.24) is 5.32 Å².